The predicted molar refractivity (Wildman–Crippen MR) is 125 cm³/mol. The standard InChI is InChI=1S/C20H23FN4O2S.HI/c1-3-22-20(23-11-14(2)27-17-7-4-6-15(21)10-17)24-12-16-13-26-19(25-16)18-8-5-9-28-18;/h4-10,13-14H,3,11-12H2,1-2H3,(H2,22,23,24);1H. The van der Waals surface area contributed by atoms with Gasteiger partial charge in [-0.3, -0.25) is 0 Å². The summed E-state index contributed by atoms with van der Waals surface area (Å²) in [5.41, 5.74) is 0.754. The first-order valence-corrected chi connectivity index (χ1v) is 9.94. The highest BCUT2D eigenvalue weighted by Crippen LogP contribution is 2.23. The van der Waals surface area contributed by atoms with Crippen LogP contribution < -0.4 is 15.4 Å². The Hall–Kier alpha value is -2.14. The molecular formula is C20H24FIN4O2S. The number of aliphatic imine (C=N–C) groups is 1. The van der Waals surface area contributed by atoms with Gasteiger partial charge in [-0.1, -0.05) is 12.1 Å². The van der Waals surface area contributed by atoms with Gasteiger partial charge in [0.2, 0.25) is 5.89 Å². The van der Waals surface area contributed by atoms with Gasteiger partial charge in [-0.2, -0.15) is 0 Å². The summed E-state index contributed by atoms with van der Waals surface area (Å²) in [6.45, 7) is 5.54. The van der Waals surface area contributed by atoms with E-state index in [-0.39, 0.29) is 35.9 Å². The first-order chi connectivity index (χ1) is 13.6. The van der Waals surface area contributed by atoms with Crippen LogP contribution in [0.3, 0.4) is 0 Å². The molecule has 1 unspecified atom stereocenters. The van der Waals surface area contributed by atoms with Crippen molar-refractivity contribution in [3.05, 3.63) is 59.6 Å². The molecule has 6 nitrogen and oxygen atoms in total. The molecule has 1 atom stereocenters. The van der Waals surface area contributed by atoms with Gasteiger partial charge in [0.25, 0.3) is 0 Å². The number of oxazole rings is 1. The molecule has 0 aliphatic carbocycles. The van der Waals surface area contributed by atoms with Crippen LogP contribution >= 0.6 is 35.3 Å². The average molecular weight is 530 g/mol. The summed E-state index contributed by atoms with van der Waals surface area (Å²) < 4.78 is 24.5. The summed E-state index contributed by atoms with van der Waals surface area (Å²) in [4.78, 5) is 9.99. The molecule has 0 fully saturated rings. The van der Waals surface area contributed by atoms with Gasteiger partial charge in [-0.25, -0.2) is 14.4 Å². The SMILES string of the molecule is CCNC(=NCc1coc(-c2cccs2)n1)NCC(C)Oc1cccc(F)c1.I. The number of ether oxygens (including phenoxy) is 1. The van der Waals surface area contributed by atoms with Gasteiger partial charge < -0.3 is 19.8 Å². The Morgan fingerprint density at radius 2 is 2.17 bits per heavy atom. The summed E-state index contributed by atoms with van der Waals surface area (Å²) >= 11 is 1.58. The lowest BCUT2D eigenvalue weighted by atomic mass is 10.3. The zero-order valence-electron chi connectivity index (χ0n) is 16.2. The summed E-state index contributed by atoms with van der Waals surface area (Å²) in [5.74, 6) is 1.44. The van der Waals surface area contributed by atoms with Crippen molar-refractivity contribution >= 4 is 41.3 Å². The number of rotatable bonds is 8. The van der Waals surface area contributed by atoms with Crippen molar-refractivity contribution in [2.75, 3.05) is 13.1 Å². The molecule has 0 saturated heterocycles. The number of nitrogens with one attached hydrogen (secondary N) is 2. The van der Waals surface area contributed by atoms with Crippen molar-refractivity contribution in [3.8, 4) is 16.5 Å². The largest absolute Gasteiger partial charge is 0.489 e. The van der Waals surface area contributed by atoms with Gasteiger partial charge in [0, 0.05) is 12.6 Å². The van der Waals surface area contributed by atoms with Gasteiger partial charge in [0.15, 0.2) is 5.96 Å². The Morgan fingerprint density at radius 1 is 1.31 bits per heavy atom. The lowest BCUT2D eigenvalue weighted by Gasteiger charge is -2.17. The first kappa shape index (κ1) is 23.1. The lowest BCUT2D eigenvalue weighted by molar-refractivity contribution is 0.223. The highest BCUT2D eigenvalue weighted by atomic mass is 127. The summed E-state index contributed by atoms with van der Waals surface area (Å²) in [5, 5.41) is 8.39. The fraction of sp³-hybridized carbons (Fsp3) is 0.300. The summed E-state index contributed by atoms with van der Waals surface area (Å²) in [7, 11) is 0. The van der Waals surface area contributed by atoms with E-state index >= 15 is 0 Å². The fourth-order valence-corrected chi connectivity index (χ4v) is 3.10. The predicted octanol–water partition coefficient (Wildman–Crippen LogP) is 4.68. The van der Waals surface area contributed by atoms with Crippen molar-refractivity contribution in [1.29, 1.82) is 0 Å². The molecule has 1 aromatic carbocycles. The number of guanidine groups is 1. The quantitative estimate of drug-likeness (QED) is 0.252. The molecule has 3 aromatic rings. The van der Waals surface area contributed by atoms with Gasteiger partial charge in [0.05, 0.1) is 18.0 Å². The van der Waals surface area contributed by atoms with Crippen molar-refractivity contribution < 1.29 is 13.5 Å². The molecule has 2 heterocycles. The van der Waals surface area contributed by atoms with E-state index < -0.39 is 0 Å². The molecule has 9 heteroatoms. The number of aromatic nitrogens is 1. The fourth-order valence-electron chi connectivity index (χ4n) is 2.45. The Labute approximate surface area is 190 Å². The second kappa shape index (κ2) is 11.8. The Bertz CT molecular complexity index is 902. The van der Waals surface area contributed by atoms with Crippen LogP contribution in [0.1, 0.15) is 19.5 Å². The molecule has 3 rings (SSSR count). The van der Waals surface area contributed by atoms with Gasteiger partial charge in [-0.15, -0.1) is 35.3 Å². The van der Waals surface area contributed by atoms with Gasteiger partial charge >= 0.3 is 0 Å². The van der Waals surface area contributed by atoms with E-state index in [1.54, 1.807) is 29.7 Å². The van der Waals surface area contributed by atoms with Crippen LogP contribution in [0.25, 0.3) is 10.8 Å². The van der Waals surface area contributed by atoms with E-state index in [2.05, 4.69) is 20.6 Å². The number of hydrogen-bond acceptors (Lipinski definition) is 5. The second-order valence-corrected chi connectivity index (χ2v) is 7.03. The van der Waals surface area contributed by atoms with Crippen LogP contribution in [0, 0.1) is 5.82 Å². The number of hydrogen-bond donors (Lipinski definition) is 2. The third kappa shape index (κ3) is 7.32. The van der Waals surface area contributed by atoms with Crippen LogP contribution in [-0.4, -0.2) is 30.1 Å². The van der Waals surface area contributed by atoms with Crippen LogP contribution in [0.15, 0.2) is 57.5 Å². The number of benzene rings is 1. The zero-order valence-corrected chi connectivity index (χ0v) is 19.4. The van der Waals surface area contributed by atoms with Gasteiger partial charge in [-0.05, 0) is 37.4 Å². The molecular weight excluding hydrogens is 506 g/mol. The lowest BCUT2D eigenvalue weighted by Crippen LogP contribution is -2.41. The minimum Gasteiger partial charge on any atom is -0.489 e. The third-order valence-corrected chi connectivity index (χ3v) is 4.58. The van der Waals surface area contributed by atoms with Crippen LogP contribution in [0.2, 0.25) is 0 Å². The maximum absolute atomic E-state index is 13.2. The van der Waals surface area contributed by atoms with E-state index in [9.17, 15) is 4.39 Å². The molecule has 2 N–H and O–H groups in total. The first-order valence-electron chi connectivity index (χ1n) is 9.06. The number of nitrogens with zero attached hydrogens (tertiary/aromatic N) is 2. The van der Waals surface area contributed by atoms with Crippen molar-refractivity contribution in [2.24, 2.45) is 4.99 Å². The number of halogens is 2. The monoisotopic (exact) mass is 530 g/mol. The normalized spacial score (nSPS) is 12.2. The Kier molecular flexibility index (Phi) is 9.39. The molecule has 0 saturated carbocycles. The van der Waals surface area contributed by atoms with Crippen LogP contribution in [0.5, 0.6) is 5.75 Å². The molecule has 2 aromatic heterocycles. The van der Waals surface area contributed by atoms with E-state index in [0.717, 1.165) is 17.1 Å². The molecule has 156 valence electrons. The smallest absolute Gasteiger partial charge is 0.236 e. The van der Waals surface area contributed by atoms with Crippen molar-refractivity contribution in [3.63, 3.8) is 0 Å². The second-order valence-electron chi connectivity index (χ2n) is 6.08. The molecule has 0 aliphatic heterocycles. The molecule has 0 amide bonds. The Balaban J connectivity index is 0.00000300. The van der Waals surface area contributed by atoms with E-state index in [4.69, 9.17) is 9.15 Å². The molecule has 0 aliphatic rings. The highest BCUT2D eigenvalue weighted by molar-refractivity contribution is 14.0. The van der Waals surface area contributed by atoms with Crippen LogP contribution in [0.4, 0.5) is 4.39 Å². The maximum atomic E-state index is 13.2. The van der Waals surface area contributed by atoms with E-state index in [1.165, 1.54) is 12.1 Å². The minimum atomic E-state index is -0.318. The van der Waals surface area contributed by atoms with Crippen LogP contribution in [-0.2, 0) is 6.54 Å². The zero-order chi connectivity index (χ0) is 19.8. The van der Waals surface area contributed by atoms with Crippen molar-refractivity contribution in [2.45, 2.75) is 26.5 Å². The maximum Gasteiger partial charge on any atom is 0.236 e. The van der Waals surface area contributed by atoms with E-state index in [1.807, 2.05) is 31.4 Å². The summed E-state index contributed by atoms with van der Waals surface area (Å²) in [6.07, 6.45) is 1.46. The van der Waals surface area contributed by atoms with Crippen molar-refractivity contribution in [1.82, 2.24) is 15.6 Å². The topological polar surface area (TPSA) is 71.7 Å². The highest BCUT2D eigenvalue weighted by Gasteiger charge is 2.09. The minimum absolute atomic E-state index is 0. The molecule has 0 spiro atoms. The van der Waals surface area contributed by atoms with Gasteiger partial charge in [0.1, 0.15) is 29.6 Å². The molecule has 29 heavy (non-hydrogen) atoms. The molecule has 0 radical (unpaired) electrons. The summed E-state index contributed by atoms with van der Waals surface area (Å²) in [6, 6.07) is 10.0. The number of thiophene rings is 1. The average Bonchev–Trinajstić information content (AvgIpc) is 3.35. The van der Waals surface area contributed by atoms with E-state index in [0.29, 0.717) is 30.7 Å². The molecule has 0 bridgehead atoms. The third-order valence-electron chi connectivity index (χ3n) is 3.72. The Morgan fingerprint density at radius 3 is 2.90 bits per heavy atom.